The highest BCUT2D eigenvalue weighted by Gasteiger charge is 2.43. The Bertz CT molecular complexity index is 419. The molecular weight excluding hydrogens is 212 g/mol. The monoisotopic (exact) mass is 234 g/mol. The third-order valence-electron chi connectivity index (χ3n) is 4.61. The van der Waals surface area contributed by atoms with Crippen molar-refractivity contribution in [2.24, 2.45) is 5.41 Å². The summed E-state index contributed by atoms with van der Waals surface area (Å²) < 4.78 is 2.29. The van der Waals surface area contributed by atoms with Gasteiger partial charge in [-0.15, -0.1) is 10.2 Å². The normalized spacial score (nSPS) is 24.4. The minimum Gasteiger partial charge on any atom is -0.314 e. The molecule has 0 aromatic carbocycles. The number of aryl methyl sites for hydroxylation is 1. The Morgan fingerprint density at radius 3 is 2.76 bits per heavy atom. The lowest BCUT2D eigenvalue weighted by Gasteiger charge is -2.24. The fraction of sp³-hybridized carbons (Fsp3) is 0.846. The van der Waals surface area contributed by atoms with Gasteiger partial charge in [0, 0.05) is 19.0 Å². The van der Waals surface area contributed by atoms with Gasteiger partial charge in [-0.05, 0) is 38.5 Å². The lowest BCUT2D eigenvalue weighted by Crippen LogP contribution is -2.36. The summed E-state index contributed by atoms with van der Waals surface area (Å²) in [5.41, 5.74) is 0.516. The fourth-order valence-corrected chi connectivity index (χ4v) is 2.77. The lowest BCUT2D eigenvalue weighted by atomic mass is 10.00. The molecule has 2 atom stereocenters. The van der Waals surface area contributed by atoms with Gasteiger partial charge in [0.15, 0.2) is 0 Å². The van der Waals surface area contributed by atoms with Crippen LogP contribution in [0.5, 0.6) is 0 Å². The van der Waals surface area contributed by atoms with Gasteiger partial charge >= 0.3 is 0 Å². The molecule has 0 bridgehead atoms. The number of fused-ring (bicyclic) bond motifs is 1. The van der Waals surface area contributed by atoms with Crippen LogP contribution in [-0.4, -0.2) is 20.8 Å². The van der Waals surface area contributed by atoms with Crippen molar-refractivity contribution in [3.63, 3.8) is 0 Å². The third-order valence-corrected chi connectivity index (χ3v) is 4.61. The van der Waals surface area contributed by atoms with Gasteiger partial charge in [0.1, 0.15) is 11.6 Å². The first-order valence-corrected chi connectivity index (χ1v) is 6.78. The van der Waals surface area contributed by atoms with Crippen LogP contribution in [0.4, 0.5) is 0 Å². The van der Waals surface area contributed by atoms with E-state index in [4.69, 9.17) is 0 Å². The molecule has 1 fully saturated rings. The Morgan fingerprint density at radius 2 is 2.06 bits per heavy atom. The Morgan fingerprint density at radius 1 is 1.29 bits per heavy atom. The SMILES string of the molecule is CC(NC(C)C1(C)CC1)c1nnc2n1CCC2. The Hall–Kier alpha value is -0.900. The number of rotatable bonds is 4. The Balaban J connectivity index is 1.71. The molecule has 1 aromatic rings. The van der Waals surface area contributed by atoms with E-state index in [1.807, 2.05) is 0 Å². The molecule has 4 nitrogen and oxygen atoms in total. The minimum absolute atomic E-state index is 0.307. The van der Waals surface area contributed by atoms with Crippen LogP contribution in [-0.2, 0) is 13.0 Å². The molecule has 4 heteroatoms. The average molecular weight is 234 g/mol. The molecule has 0 spiro atoms. The molecule has 1 aliphatic carbocycles. The highest BCUT2D eigenvalue weighted by atomic mass is 15.3. The van der Waals surface area contributed by atoms with Crippen LogP contribution in [0, 0.1) is 5.41 Å². The minimum atomic E-state index is 0.307. The number of aromatic nitrogens is 3. The number of hydrogen-bond donors (Lipinski definition) is 1. The summed E-state index contributed by atoms with van der Waals surface area (Å²) in [6.07, 6.45) is 5.02. The van der Waals surface area contributed by atoms with Crippen LogP contribution >= 0.6 is 0 Å². The Labute approximate surface area is 103 Å². The van der Waals surface area contributed by atoms with Crippen molar-refractivity contribution < 1.29 is 0 Å². The van der Waals surface area contributed by atoms with E-state index in [0.717, 1.165) is 18.8 Å². The highest BCUT2D eigenvalue weighted by Crippen LogP contribution is 2.48. The van der Waals surface area contributed by atoms with E-state index < -0.39 is 0 Å². The van der Waals surface area contributed by atoms with E-state index in [0.29, 0.717) is 17.5 Å². The number of nitrogens with zero attached hydrogens (tertiary/aromatic N) is 3. The average Bonchev–Trinajstić information content (AvgIpc) is 2.76. The van der Waals surface area contributed by atoms with Crippen LogP contribution in [0.25, 0.3) is 0 Å². The molecule has 94 valence electrons. The van der Waals surface area contributed by atoms with Crippen LogP contribution in [0.3, 0.4) is 0 Å². The van der Waals surface area contributed by atoms with Gasteiger partial charge in [0.25, 0.3) is 0 Å². The largest absolute Gasteiger partial charge is 0.314 e. The molecule has 2 unspecified atom stereocenters. The summed E-state index contributed by atoms with van der Waals surface area (Å²) in [6.45, 7) is 7.96. The maximum Gasteiger partial charge on any atom is 0.149 e. The van der Waals surface area contributed by atoms with E-state index in [2.05, 4.69) is 40.9 Å². The van der Waals surface area contributed by atoms with Gasteiger partial charge < -0.3 is 9.88 Å². The molecule has 1 aliphatic heterocycles. The molecule has 1 saturated carbocycles. The fourth-order valence-electron chi connectivity index (χ4n) is 2.77. The summed E-state index contributed by atoms with van der Waals surface area (Å²) in [5.74, 6) is 2.28. The van der Waals surface area contributed by atoms with Gasteiger partial charge in [0.2, 0.25) is 0 Å². The predicted octanol–water partition coefficient (Wildman–Crippen LogP) is 2.06. The standard InChI is InChI=1S/C13H22N4/c1-9(14-10(2)13(3)6-7-13)12-16-15-11-5-4-8-17(11)12/h9-10,14H,4-8H2,1-3H3. The number of hydrogen-bond acceptors (Lipinski definition) is 3. The van der Waals surface area contributed by atoms with Gasteiger partial charge in [0.05, 0.1) is 6.04 Å². The van der Waals surface area contributed by atoms with Crippen LogP contribution < -0.4 is 5.32 Å². The number of nitrogens with one attached hydrogen (secondary N) is 1. The summed E-state index contributed by atoms with van der Waals surface area (Å²) in [5, 5.41) is 12.3. The molecular formula is C13H22N4. The summed E-state index contributed by atoms with van der Waals surface area (Å²) in [6, 6.07) is 0.869. The smallest absolute Gasteiger partial charge is 0.149 e. The highest BCUT2D eigenvalue weighted by molar-refractivity contribution is 5.06. The zero-order valence-corrected chi connectivity index (χ0v) is 11.0. The van der Waals surface area contributed by atoms with E-state index in [1.165, 1.54) is 25.1 Å². The van der Waals surface area contributed by atoms with Crippen molar-refractivity contribution >= 4 is 0 Å². The van der Waals surface area contributed by atoms with Crippen molar-refractivity contribution in [1.29, 1.82) is 0 Å². The van der Waals surface area contributed by atoms with Crippen molar-refractivity contribution in [2.45, 2.75) is 65.1 Å². The van der Waals surface area contributed by atoms with Crippen molar-refractivity contribution in [3.05, 3.63) is 11.6 Å². The molecule has 0 radical (unpaired) electrons. The molecule has 17 heavy (non-hydrogen) atoms. The van der Waals surface area contributed by atoms with E-state index >= 15 is 0 Å². The van der Waals surface area contributed by atoms with Crippen molar-refractivity contribution in [3.8, 4) is 0 Å². The van der Waals surface area contributed by atoms with Crippen molar-refractivity contribution in [2.75, 3.05) is 0 Å². The van der Waals surface area contributed by atoms with Crippen LogP contribution in [0.15, 0.2) is 0 Å². The van der Waals surface area contributed by atoms with Gasteiger partial charge in [-0.25, -0.2) is 0 Å². The molecule has 0 saturated heterocycles. The van der Waals surface area contributed by atoms with E-state index in [9.17, 15) is 0 Å². The Kier molecular flexibility index (Phi) is 2.51. The predicted molar refractivity (Wildman–Crippen MR) is 66.7 cm³/mol. The van der Waals surface area contributed by atoms with E-state index in [-0.39, 0.29) is 0 Å². The quantitative estimate of drug-likeness (QED) is 0.867. The molecule has 3 rings (SSSR count). The second kappa shape index (κ2) is 3.80. The van der Waals surface area contributed by atoms with Crippen LogP contribution in [0.2, 0.25) is 0 Å². The second-order valence-corrected chi connectivity index (χ2v) is 5.99. The third kappa shape index (κ3) is 1.88. The van der Waals surface area contributed by atoms with Crippen molar-refractivity contribution in [1.82, 2.24) is 20.1 Å². The molecule has 2 aliphatic rings. The van der Waals surface area contributed by atoms with E-state index in [1.54, 1.807) is 0 Å². The maximum absolute atomic E-state index is 4.34. The topological polar surface area (TPSA) is 42.7 Å². The first-order chi connectivity index (χ1) is 8.10. The van der Waals surface area contributed by atoms with Crippen LogP contribution in [0.1, 0.15) is 57.7 Å². The molecule has 2 heterocycles. The summed E-state index contributed by atoms with van der Waals surface area (Å²) >= 11 is 0. The molecule has 1 aromatic heterocycles. The second-order valence-electron chi connectivity index (χ2n) is 5.99. The maximum atomic E-state index is 4.34. The van der Waals surface area contributed by atoms with Gasteiger partial charge in [-0.2, -0.15) is 0 Å². The zero-order valence-electron chi connectivity index (χ0n) is 11.0. The summed E-state index contributed by atoms with van der Waals surface area (Å²) in [7, 11) is 0. The van der Waals surface area contributed by atoms with Gasteiger partial charge in [-0.1, -0.05) is 6.92 Å². The first kappa shape index (κ1) is 11.2. The first-order valence-electron chi connectivity index (χ1n) is 6.78. The lowest BCUT2D eigenvalue weighted by molar-refractivity contribution is 0.340. The molecule has 1 N–H and O–H groups in total. The van der Waals surface area contributed by atoms with Gasteiger partial charge in [-0.3, -0.25) is 0 Å². The zero-order chi connectivity index (χ0) is 12.0. The molecule has 0 amide bonds. The summed E-state index contributed by atoms with van der Waals surface area (Å²) in [4.78, 5) is 0.